The Morgan fingerprint density at radius 2 is 1.70 bits per heavy atom. The second kappa shape index (κ2) is 11.0. The molecule has 1 N–H and O–H groups in total. The van der Waals surface area contributed by atoms with Crippen LogP contribution in [-0.2, 0) is 9.59 Å². The third-order valence-corrected chi connectivity index (χ3v) is 5.69. The lowest BCUT2D eigenvalue weighted by Gasteiger charge is -2.33. The highest BCUT2D eigenvalue weighted by Crippen LogP contribution is 2.27. The van der Waals surface area contributed by atoms with E-state index >= 15 is 0 Å². The second-order valence-corrected chi connectivity index (χ2v) is 8.65. The lowest BCUT2D eigenvalue weighted by atomic mass is 10.0. The van der Waals surface area contributed by atoms with Crippen LogP contribution in [0.2, 0.25) is 0 Å². The summed E-state index contributed by atoms with van der Waals surface area (Å²) in [5, 5.41) is 3.06. The van der Waals surface area contributed by atoms with Gasteiger partial charge in [0.2, 0.25) is 0 Å². The van der Waals surface area contributed by atoms with Crippen LogP contribution in [0.5, 0.6) is 11.5 Å². The number of rotatable bonds is 7. The summed E-state index contributed by atoms with van der Waals surface area (Å²) in [5.74, 6) is 0.674. The Morgan fingerprint density at radius 3 is 2.36 bits per heavy atom. The van der Waals surface area contributed by atoms with E-state index < -0.39 is 12.1 Å². The van der Waals surface area contributed by atoms with Crippen molar-refractivity contribution in [2.24, 2.45) is 0 Å². The Balaban J connectivity index is 1.51. The highest BCUT2D eigenvalue weighted by Gasteiger charge is 2.27. The number of nitrogens with zero attached hydrogens (tertiary/aromatic N) is 1. The van der Waals surface area contributed by atoms with Crippen LogP contribution < -0.4 is 14.8 Å². The lowest BCUT2D eigenvalue weighted by Crippen LogP contribution is -2.49. The van der Waals surface area contributed by atoms with Crippen LogP contribution in [0.4, 0.5) is 0 Å². The van der Waals surface area contributed by atoms with E-state index in [4.69, 9.17) is 9.47 Å². The maximum atomic E-state index is 12.8. The van der Waals surface area contributed by atoms with Gasteiger partial charge in [-0.3, -0.25) is 14.4 Å². The highest BCUT2D eigenvalue weighted by atomic mass is 16.5. The number of esters is 1. The van der Waals surface area contributed by atoms with E-state index in [0.717, 1.165) is 11.3 Å². The molecule has 1 aliphatic rings. The minimum absolute atomic E-state index is 0.0136. The fourth-order valence-electron chi connectivity index (χ4n) is 3.90. The number of carbonyl (C=O) groups is 3. The minimum Gasteiger partial charge on any atom is -0.481 e. The predicted octanol–water partition coefficient (Wildman–Crippen LogP) is 3.92. The number of carbonyl (C=O) groups excluding carboxylic acids is 3. The molecule has 3 rings (SSSR count). The normalized spacial score (nSPS) is 15.1. The Labute approximate surface area is 195 Å². The van der Waals surface area contributed by atoms with Gasteiger partial charge in [0.25, 0.3) is 11.8 Å². The molecule has 1 aliphatic heterocycles. The summed E-state index contributed by atoms with van der Waals surface area (Å²) in [6, 6.07) is 14.4. The van der Waals surface area contributed by atoms with Crippen LogP contribution in [0.15, 0.2) is 48.5 Å². The van der Waals surface area contributed by atoms with Crippen molar-refractivity contribution in [3.05, 3.63) is 59.7 Å². The second-order valence-electron chi connectivity index (χ2n) is 8.65. The monoisotopic (exact) mass is 452 g/mol. The van der Waals surface area contributed by atoms with Crippen LogP contribution in [0, 0.1) is 0 Å². The number of amides is 2. The molecule has 0 bridgehead atoms. The van der Waals surface area contributed by atoms with Crippen molar-refractivity contribution < 1.29 is 23.9 Å². The minimum atomic E-state index is -0.617. The van der Waals surface area contributed by atoms with Gasteiger partial charge >= 0.3 is 5.97 Å². The Morgan fingerprint density at radius 1 is 1.00 bits per heavy atom. The molecule has 0 saturated carbocycles. The molecule has 0 spiro atoms. The summed E-state index contributed by atoms with van der Waals surface area (Å²) in [7, 11) is 0. The largest absolute Gasteiger partial charge is 0.481 e. The smallest absolute Gasteiger partial charge is 0.308 e. The zero-order chi connectivity index (χ0) is 24.0. The molecule has 1 heterocycles. The number of nitrogens with one attached hydrogen (secondary N) is 1. The average Bonchev–Trinajstić information content (AvgIpc) is 2.79. The van der Waals surface area contributed by atoms with Crippen molar-refractivity contribution in [2.75, 3.05) is 13.1 Å². The molecule has 1 fully saturated rings. The molecule has 7 nitrogen and oxygen atoms in total. The number of likely N-dealkylation sites (tertiary alicyclic amines) is 1. The van der Waals surface area contributed by atoms with E-state index in [1.54, 1.807) is 36.1 Å². The molecule has 1 saturated heterocycles. The Kier molecular flexibility index (Phi) is 8.09. The quantitative estimate of drug-likeness (QED) is 0.508. The van der Waals surface area contributed by atoms with Crippen molar-refractivity contribution in [2.45, 2.75) is 58.6 Å². The number of piperidine rings is 1. The van der Waals surface area contributed by atoms with E-state index in [2.05, 4.69) is 19.2 Å². The molecule has 33 heavy (non-hydrogen) atoms. The summed E-state index contributed by atoms with van der Waals surface area (Å²) in [4.78, 5) is 38.5. The first kappa shape index (κ1) is 24.3. The van der Waals surface area contributed by atoms with Crippen LogP contribution >= 0.6 is 0 Å². The predicted molar refractivity (Wildman–Crippen MR) is 125 cm³/mol. The first-order valence-electron chi connectivity index (χ1n) is 11.4. The van der Waals surface area contributed by atoms with Gasteiger partial charge in [0, 0.05) is 31.6 Å². The van der Waals surface area contributed by atoms with Gasteiger partial charge in [0.15, 0.2) is 6.10 Å². The van der Waals surface area contributed by atoms with Gasteiger partial charge in [-0.15, -0.1) is 0 Å². The van der Waals surface area contributed by atoms with E-state index in [1.165, 1.54) is 6.92 Å². The first-order valence-corrected chi connectivity index (χ1v) is 11.4. The van der Waals surface area contributed by atoms with E-state index in [1.807, 2.05) is 24.3 Å². The van der Waals surface area contributed by atoms with Crippen molar-refractivity contribution in [3.63, 3.8) is 0 Å². The zero-order valence-corrected chi connectivity index (χ0v) is 19.7. The third kappa shape index (κ3) is 6.57. The summed E-state index contributed by atoms with van der Waals surface area (Å²) >= 11 is 0. The van der Waals surface area contributed by atoms with Gasteiger partial charge in [0.05, 0.1) is 0 Å². The van der Waals surface area contributed by atoms with Gasteiger partial charge in [-0.05, 0) is 55.5 Å². The summed E-state index contributed by atoms with van der Waals surface area (Å²) in [6.07, 6.45) is 0.709. The topological polar surface area (TPSA) is 84.9 Å². The van der Waals surface area contributed by atoms with Gasteiger partial charge in [-0.1, -0.05) is 38.1 Å². The Hall–Kier alpha value is -3.35. The molecule has 0 aromatic heterocycles. The highest BCUT2D eigenvalue weighted by molar-refractivity contribution is 5.94. The molecule has 2 amide bonds. The summed E-state index contributed by atoms with van der Waals surface area (Å²) in [5.41, 5.74) is 1.55. The van der Waals surface area contributed by atoms with Gasteiger partial charge < -0.3 is 19.7 Å². The van der Waals surface area contributed by atoms with Crippen molar-refractivity contribution in [1.29, 1.82) is 0 Å². The van der Waals surface area contributed by atoms with Crippen LogP contribution in [0.3, 0.4) is 0 Å². The first-order chi connectivity index (χ1) is 15.7. The maximum Gasteiger partial charge on any atom is 0.308 e. The van der Waals surface area contributed by atoms with Gasteiger partial charge in [0.1, 0.15) is 11.5 Å². The average molecular weight is 453 g/mol. The van der Waals surface area contributed by atoms with Crippen LogP contribution in [-0.4, -0.2) is 47.9 Å². The number of para-hydroxylation sites is 1. The number of hydrogen-bond donors (Lipinski definition) is 1. The zero-order valence-electron chi connectivity index (χ0n) is 19.7. The van der Waals surface area contributed by atoms with Crippen LogP contribution in [0.1, 0.15) is 62.4 Å². The molecule has 2 aromatic rings. The van der Waals surface area contributed by atoms with E-state index in [-0.39, 0.29) is 17.9 Å². The molecule has 0 radical (unpaired) electrons. The molecule has 1 atom stereocenters. The molecule has 1 unspecified atom stereocenters. The van der Waals surface area contributed by atoms with E-state index in [9.17, 15) is 14.4 Å². The molecular formula is C26H32N2O5. The van der Waals surface area contributed by atoms with Gasteiger partial charge in [-0.25, -0.2) is 0 Å². The fraction of sp³-hybridized carbons (Fsp3) is 0.423. The summed E-state index contributed by atoms with van der Waals surface area (Å²) in [6.45, 7) is 8.33. The molecule has 7 heteroatoms. The fourth-order valence-corrected chi connectivity index (χ4v) is 3.90. The van der Waals surface area contributed by atoms with Gasteiger partial charge in [-0.2, -0.15) is 0 Å². The maximum absolute atomic E-state index is 12.8. The van der Waals surface area contributed by atoms with Crippen LogP contribution in [0.25, 0.3) is 0 Å². The molecular weight excluding hydrogens is 420 g/mol. The SMILES string of the molecule is CC(=O)Oc1cccc(C(=O)N2CCC(NC(=O)C(C)Oc3ccccc3C(C)C)CC2)c1. The molecule has 176 valence electrons. The Bertz CT molecular complexity index is 996. The van der Waals surface area contributed by atoms with E-state index in [0.29, 0.717) is 43.2 Å². The lowest BCUT2D eigenvalue weighted by molar-refractivity contribution is -0.132. The van der Waals surface area contributed by atoms with Crippen molar-refractivity contribution in [3.8, 4) is 11.5 Å². The number of hydrogen-bond acceptors (Lipinski definition) is 5. The van der Waals surface area contributed by atoms with Crippen molar-refractivity contribution >= 4 is 17.8 Å². The number of benzene rings is 2. The molecule has 2 aromatic carbocycles. The third-order valence-electron chi connectivity index (χ3n) is 5.69. The van der Waals surface area contributed by atoms with Crippen molar-refractivity contribution in [1.82, 2.24) is 10.2 Å². The summed E-state index contributed by atoms with van der Waals surface area (Å²) < 4.78 is 11.0. The standard InChI is InChI=1S/C26H32N2O5/c1-17(2)23-10-5-6-11-24(23)32-18(3)25(30)27-21-12-14-28(15-13-21)26(31)20-8-7-9-22(16-20)33-19(4)29/h5-11,16-18,21H,12-15H2,1-4H3,(H,27,30). The number of ether oxygens (including phenoxy) is 2. The molecule has 0 aliphatic carbocycles.